The smallest absolute Gasteiger partial charge is 0.246 e. The maximum absolute atomic E-state index is 14.2. The zero-order valence-electron chi connectivity index (χ0n) is 23.6. The molecule has 1 aliphatic carbocycles. The number of anilines is 1. The predicted octanol–water partition coefficient (Wildman–Crippen LogP) is 2.50. The molecular formula is C31H42N4O5. The number of ether oxygens (including phenoxy) is 2. The molecule has 0 radical (unpaired) electrons. The largest absolute Gasteiger partial charge is 0.379 e. The van der Waals surface area contributed by atoms with Crippen LogP contribution >= 0.6 is 0 Å². The Balaban J connectivity index is 1.25. The molecule has 40 heavy (non-hydrogen) atoms. The van der Waals surface area contributed by atoms with Crippen LogP contribution in [0.1, 0.15) is 44.6 Å². The number of hydrogen-bond acceptors (Lipinski definition) is 6. The average Bonchev–Trinajstić information content (AvgIpc) is 3.58. The van der Waals surface area contributed by atoms with Gasteiger partial charge in [0.2, 0.25) is 17.7 Å². The molecule has 6 rings (SSSR count). The van der Waals surface area contributed by atoms with Crippen molar-refractivity contribution < 1.29 is 23.9 Å². The van der Waals surface area contributed by atoms with Crippen molar-refractivity contribution in [2.75, 3.05) is 44.7 Å². The maximum atomic E-state index is 14.2. The molecule has 0 aromatic heterocycles. The van der Waals surface area contributed by atoms with Gasteiger partial charge in [0.1, 0.15) is 11.6 Å². The van der Waals surface area contributed by atoms with Crippen molar-refractivity contribution in [3.05, 3.63) is 42.0 Å². The number of carbonyl (C=O) groups excluding carboxylic acids is 3. The number of benzene rings is 1. The van der Waals surface area contributed by atoms with E-state index in [0.29, 0.717) is 18.2 Å². The number of nitrogens with one attached hydrogen (secondary N) is 2. The lowest BCUT2D eigenvalue weighted by molar-refractivity contribution is -0.141. The topological polar surface area (TPSA) is 100 Å². The summed E-state index contributed by atoms with van der Waals surface area (Å²) in [5.41, 5.74) is 0.603. The molecule has 5 aliphatic rings. The van der Waals surface area contributed by atoms with E-state index in [1.165, 1.54) is 6.42 Å². The second-order valence-electron chi connectivity index (χ2n) is 12.3. The van der Waals surface area contributed by atoms with Crippen molar-refractivity contribution in [1.82, 2.24) is 15.1 Å². The Morgan fingerprint density at radius 2 is 1.90 bits per heavy atom. The van der Waals surface area contributed by atoms with Crippen LogP contribution in [-0.4, -0.2) is 90.7 Å². The van der Waals surface area contributed by atoms with Gasteiger partial charge in [-0.1, -0.05) is 44.1 Å². The number of carbonyl (C=O) groups is 3. The van der Waals surface area contributed by atoms with Gasteiger partial charge in [-0.2, -0.15) is 0 Å². The van der Waals surface area contributed by atoms with Crippen molar-refractivity contribution in [3.8, 4) is 0 Å². The highest BCUT2D eigenvalue weighted by Gasteiger charge is 2.72. The van der Waals surface area contributed by atoms with Crippen LogP contribution in [0.25, 0.3) is 0 Å². The quantitative estimate of drug-likeness (QED) is 0.483. The highest BCUT2D eigenvalue weighted by molar-refractivity contribution is 6.02. The first-order valence-electron chi connectivity index (χ1n) is 15.0. The lowest BCUT2D eigenvalue weighted by Gasteiger charge is -2.36. The average molecular weight is 551 g/mol. The number of amides is 3. The lowest BCUT2D eigenvalue weighted by Crippen LogP contribution is -2.57. The predicted molar refractivity (Wildman–Crippen MR) is 150 cm³/mol. The number of fused-ring (bicyclic) bond motifs is 1. The molecule has 216 valence electrons. The van der Waals surface area contributed by atoms with Crippen molar-refractivity contribution >= 4 is 23.4 Å². The summed E-state index contributed by atoms with van der Waals surface area (Å²) in [6.07, 6.45) is 8.30. The van der Waals surface area contributed by atoms with Crippen molar-refractivity contribution in [2.24, 2.45) is 17.8 Å². The summed E-state index contributed by atoms with van der Waals surface area (Å²) in [5, 5.41) is 6.32. The Labute approximate surface area is 236 Å². The van der Waals surface area contributed by atoms with Gasteiger partial charge in [-0.3, -0.25) is 19.3 Å². The van der Waals surface area contributed by atoms with Gasteiger partial charge in [-0.15, -0.1) is 0 Å². The Bertz CT molecular complexity index is 1170. The van der Waals surface area contributed by atoms with Crippen LogP contribution in [0.5, 0.6) is 0 Å². The van der Waals surface area contributed by atoms with Gasteiger partial charge >= 0.3 is 0 Å². The molecule has 1 saturated carbocycles. The molecule has 9 nitrogen and oxygen atoms in total. The fraction of sp³-hybridized carbons (Fsp3) is 0.645. The van der Waals surface area contributed by atoms with E-state index in [1.54, 1.807) is 4.90 Å². The number of hydrogen-bond donors (Lipinski definition) is 2. The van der Waals surface area contributed by atoms with Crippen LogP contribution in [0.4, 0.5) is 5.69 Å². The van der Waals surface area contributed by atoms with Crippen LogP contribution in [0.3, 0.4) is 0 Å². The number of nitrogens with zero attached hydrogens (tertiary/aromatic N) is 2. The Kier molecular flexibility index (Phi) is 7.72. The molecule has 1 aromatic carbocycles. The molecule has 4 heterocycles. The van der Waals surface area contributed by atoms with E-state index in [-0.39, 0.29) is 23.8 Å². The second-order valence-corrected chi connectivity index (χ2v) is 12.3. The van der Waals surface area contributed by atoms with Crippen LogP contribution < -0.4 is 10.6 Å². The number of likely N-dealkylation sites (tertiary alicyclic amines) is 1. The number of morpholine rings is 1. The van der Waals surface area contributed by atoms with Crippen LogP contribution in [0, 0.1) is 24.7 Å². The number of aryl methyl sites for hydroxylation is 1. The zero-order chi connectivity index (χ0) is 27.9. The molecule has 1 aromatic rings. The van der Waals surface area contributed by atoms with Crippen LogP contribution in [0.2, 0.25) is 0 Å². The SMILES string of the molecule is Cc1cccc(NC(=O)C2C3C=CC4(O3)C2C(=O)N(CCCN2CCOCC2)C4C(=O)NC2CCCCC2C)c1. The molecule has 7 unspecified atom stereocenters. The fourth-order valence-corrected chi connectivity index (χ4v) is 7.54. The molecule has 1 spiro atoms. The third-order valence-electron chi connectivity index (χ3n) is 9.63. The molecule has 2 N–H and O–H groups in total. The highest BCUT2D eigenvalue weighted by Crippen LogP contribution is 2.55. The van der Waals surface area contributed by atoms with E-state index >= 15 is 0 Å². The van der Waals surface area contributed by atoms with E-state index in [0.717, 1.165) is 64.1 Å². The van der Waals surface area contributed by atoms with Gasteiger partial charge in [0, 0.05) is 37.9 Å². The van der Waals surface area contributed by atoms with Crippen molar-refractivity contribution in [3.63, 3.8) is 0 Å². The fourth-order valence-electron chi connectivity index (χ4n) is 7.54. The summed E-state index contributed by atoms with van der Waals surface area (Å²) in [4.78, 5) is 45.9. The molecule has 3 saturated heterocycles. The van der Waals surface area contributed by atoms with Crippen LogP contribution in [-0.2, 0) is 23.9 Å². The van der Waals surface area contributed by atoms with Gasteiger partial charge in [0.25, 0.3) is 0 Å². The van der Waals surface area contributed by atoms with Gasteiger partial charge in [0.05, 0.1) is 31.2 Å². The van der Waals surface area contributed by atoms with Crippen molar-refractivity contribution in [2.45, 2.75) is 69.7 Å². The van der Waals surface area contributed by atoms with E-state index in [9.17, 15) is 14.4 Å². The monoisotopic (exact) mass is 550 g/mol. The van der Waals surface area contributed by atoms with E-state index in [2.05, 4.69) is 22.5 Å². The van der Waals surface area contributed by atoms with Crippen molar-refractivity contribution in [1.29, 1.82) is 0 Å². The summed E-state index contributed by atoms with van der Waals surface area (Å²) < 4.78 is 12.0. The minimum absolute atomic E-state index is 0.0880. The molecule has 3 amide bonds. The third-order valence-corrected chi connectivity index (χ3v) is 9.63. The van der Waals surface area contributed by atoms with E-state index in [1.807, 2.05) is 43.3 Å². The first-order chi connectivity index (χ1) is 19.4. The van der Waals surface area contributed by atoms with Gasteiger partial charge < -0.3 is 25.0 Å². The van der Waals surface area contributed by atoms with Gasteiger partial charge in [0.15, 0.2) is 0 Å². The van der Waals surface area contributed by atoms with Gasteiger partial charge in [-0.25, -0.2) is 0 Å². The maximum Gasteiger partial charge on any atom is 0.246 e. The standard InChI is InChI=1S/C31H42N4O5/c1-20-7-5-9-22(19-20)32-28(36)25-24-11-12-31(40-24)26(25)30(38)35(14-6-13-34-15-17-39-18-16-34)27(31)29(37)33-23-10-4-3-8-21(23)2/h5,7,9,11-12,19,21,23-27H,3-4,6,8,10,13-18H2,1-2H3,(H,32,36)(H,33,37). The normalized spacial score (nSPS) is 35.1. The Morgan fingerprint density at radius 1 is 1.10 bits per heavy atom. The summed E-state index contributed by atoms with van der Waals surface area (Å²) in [6, 6.07) is 6.92. The molecule has 9 heteroatoms. The van der Waals surface area contributed by atoms with Gasteiger partial charge in [-0.05, 0) is 49.8 Å². The molecule has 4 aliphatic heterocycles. The van der Waals surface area contributed by atoms with Crippen LogP contribution in [0.15, 0.2) is 36.4 Å². The summed E-state index contributed by atoms with van der Waals surface area (Å²) >= 11 is 0. The third kappa shape index (κ3) is 4.97. The molecule has 7 atom stereocenters. The minimum atomic E-state index is -1.13. The molecule has 2 bridgehead atoms. The van der Waals surface area contributed by atoms with E-state index < -0.39 is 29.6 Å². The second kappa shape index (κ2) is 11.3. The summed E-state index contributed by atoms with van der Waals surface area (Å²) in [6.45, 7) is 8.62. The zero-order valence-corrected chi connectivity index (χ0v) is 23.6. The Hall–Kier alpha value is -2.75. The number of rotatable bonds is 8. The highest BCUT2D eigenvalue weighted by atomic mass is 16.5. The summed E-state index contributed by atoms with van der Waals surface area (Å²) in [7, 11) is 0. The molecular weight excluding hydrogens is 508 g/mol. The summed E-state index contributed by atoms with van der Waals surface area (Å²) in [5.74, 6) is -1.58. The van der Waals surface area contributed by atoms with E-state index in [4.69, 9.17) is 9.47 Å². The molecule has 4 fully saturated rings. The first-order valence-corrected chi connectivity index (χ1v) is 15.0. The minimum Gasteiger partial charge on any atom is -0.379 e. The first kappa shape index (κ1) is 27.4. The lowest BCUT2D eigenvalue weighted by atomic mass is 9.74. The Morgan fingerprint density at radius 3 is 2.67 bits per heavy atom.